The Kier molecular flexibility index (Phi) is 4.58. The zero-order valence-corrected chi connectivity index (χ0v) is 12.7. The Bertz CT molecular complexity index is 793. The van der Waals surface area contributed by atoms with Crippen molar-refractivity contribution in [1.29, 1.82) is 0 Å². The first-order valence-electron chi connectivity index (χ1n) is 6.42. The summed E-state index contributed by atoms with van der Waals surface area (Å²) in [4.78, 5) is -0.466. The molecule has 7 heteroatoms. The molecule has 2 rings (SSSR count). The zero-order valence-electron chi connectivity index (χ0n) is 11.9. The van der Waals surface area contributed by atoms with E-state index in [4.69, 9.17) is 0 Å². The van der Waals surface area contributed by atoms with E-state index < -0.39 is 38.4 Å². The van der Waals surface area contributed by atoms with Gasteiger partial charge in [0.1, 0.15) is 10.7 Å². The van der Waals surface area contributed by atoms with E-state index in [-0.39, 0.29) is 5.56 Å². The van der Waals surface area contributed by atoms with Crippen LogP contribution in [0.3, 0.4) is 0 Å². The fraction of sp³-hybridized carbons (Fsp3) is 0.200. The molecule has 0 aliphatic heterocycles. The molecule has 0 N–H and O–H groups in total. The van der Waals surface area contributed by atoms with Crippen molar-refractivity contribution in [2.75, 3.05) is 7.05 Å². The first-order valence-corrected chi connectivity index (χ1v) is 7.86. The van der Waals surface area contributed by atoms with Crippen LogP contribution in [-0.4, -0.2) is 19.8 Å². The molecular formula is C15H14F3NO2S. The number of hydrogen-bond donors (Lipinski definition) is 0. The van der Waals surface area contributed by atoms with Gasteiger partial charge in [0.15, 0.2) is 11.6 Å². The van der Waals surface area contributed by atoms with Crippen molar-refractivity contribution in [3.8, 4) is 0 Å². The van der Waals surface area contributed by atoms with Gasteiger partial charge in [0.05, 0.1) is 0 Å². The molecule has 0 aromatic heterocycles. The summed E-state index contributed by atoms with van der Waals surface area (Å²) >= 11 is 0. The molecule has 1 unspecified atom stereocenters. The fourth-order valence-electron chi connectivity index (χ4n) is 2.00. The minimum Gasteiger partial charge on any atom is -0.207 e. The number of nitrogens with zero attached hydrogens (tertiary/aromatic N) is 1. The van der Waals surface area contributed by atoms with Crippen LogP contribution >= 0.6 is 0 Å². The van der Waals surface area contributed by atoms with Gasteiger partial charge in [0, 0.05) is 13.1 Å². The minimum atomic E-state index is -4.10. The molecule has 0 saturated heterocycles. The lowest BCUT2D eigenvalue weighted by molar-refractivity contribution is 0.392. The molecule has 0 saturated carbocycles. The second kappa shape index (κ2) is 6.10. The summed E-state index contributed by atoms with van der Waals surface area (Å²) in [7, 11) is -2.84. The highest BCUT2D eigenvalue weighted by molar-refractivity contribution is 7.89. The van der Waals surface area contributed by atoms with Crippen LogP contribution in [0, 0.1) is 17.5 Å². The zero-order chi connectivity index (χ0) is 16.5. The lowest BCUT2D eigenvalue weighted by Gasteiger charge is -2.25. The highest BCUT2D eigenvalue weighted by atomic mass is 32.2. The van der Waals surface area contributed by atoms with Crippen molar-refractivity contribution in [2.45, 2.75) is 17.9 Å². The molecule has 0 heterocycles. The van der Waals surface area contributed by atoms with Crippen LogP contribution < -0.4 is 0 Å². The maximum atomic E-state index is 13.7. The van der Waals surface area contributed by atoms with Gasteiger partial charge >= 0.3 is 0 Å². The van der Waals surface area contributed by atoms with E-state index in [1.807, 2.05) is 0 Å². The van der Waals surface area contributed by atoms with Crippen LogP contribution in [0.2, 0.25) is 0 Å². The number of hydrogen-bond acceptors (Lipinski definition) is 2. The summed E-state index contributed by atoms with van der Waals surface area (Å²) in [6, 6.07) is 7.33. The third-order valence-corrected chi connectivity index (χ3v) is 5.43. The molecule has 3 nitrogen and oxygen atoms in total. The third kappa shape index (κ3) is 3.00. The van der Waals surface area contributed by atoms with Gasteiger partial charge in [0.25, 0.3) is 0 Å². The summed E-state index contributed by atoms with van der Waals surface area (Å²) in [6.45, 7) is 1.51. The van der Waals surface area contributed by atoms with Gasteiger partial charge in [-0.25, -0.2) is 21.6 Å². The molecular weight excluding hydrogens is 315 g/mol. The SMILES string of the molecule is CC(c1ccc(F)c(F)c1)N(C)S(=O)(=O)c1ccccc1F. The summed E-state index contributed by atoms with van der Waals surface area (Å²) in [6.07, 6.45) is 0. The molecule has 118 valence electrons. The van der Waals surface area contributed by atoms with Gasteiger partial charge in [-0.05, 0) is 36.8 Å². The van der Waals surface area contributed by atoms with E-state index in [9.17, 15) is 21.6 Å². The molecule has 0 aliphatic rings. The Morgan fingerprint density at radius 3 is 2.18 bits per heavy atom. The Morgan fingerprint density at radius 1 is 0.955 bits per heavy atom. The third-order valence-electron chi connectivity index (χ3n) is 3.47. The smallest absolute Gasteiger partial charge is 0.207 e. The van der Waals surface area contributed by atoms with Crippen molar-refractivity contribution in [3.05, 3.63) is 65.5 Å². The van der Waals surface area contributed by atoms with Crippen LogP contribution in [0.1, 0.15) is 18.5 Å². The van der Waals surface area contributed by atoms with Gasteiger partial charge < -0.3 is 0 Å². The molecule has 0 bridgehead atoms. The van der Waals surface area contributed by atoms with Crippen LogP contribution in [0.25, 0.3) is 0 Å². The van der Waals surface area contributed by atoms with Crippen molar-refractivity contribution in [3.63, 3.8) is 0 Å². The summed E-state index contributed by atoms with van der Waals surface area (Å²) in [5, 5.41) is 0. The highest BCUT2D eigenvalue weighted by Crippen LogP contribution is 2.27. The van der Waals surface area contributed by atoms with E-state index in [1.165, 1.54) is 32.2 Å². The van der Waals surface area contributed by atoms with E-state index in [1.54, 1.807) is 0 Å². The largest absolute Gasteiger partial charge is 0.246 e. The van der Waals surface area contributed by atoms with Crippen LogP contribution in [-0.2, 0) is 10.0 Å². The average molecular weight is 329 g/mol. The summed E-state index contributed by atoms with van der Waals surface area (Å²) in [5.41, 5.74) is 0.265. The monoisotopic (exact) mass is 329 g/mol. The van der Waals surface area contributed by atoms with Crippen LogP contribution in [0.15, 0.2) is 47.4 Å². The van der Waals surface area contributed by atoms with Gasteiger partial charge in [0.2, 0.25) is 10.0 Å². The van der Waals surface area contributed by atoms with Crippen molar-refractivity contribution < 1.29 is 21.6 Å². The number of halogens is 3. The van der Waals surface area contributed by atoms with Gasteiger partial charge in [-0.3, -0.25) is 0 Å². The summed E-state index contributed by atoms with van der Waals surface area (Å²) in [5.74, 6) is -2.96. The Labute approximate surface area is 127 Å². The molecule has 22 heavy (non-hydrogen) atoms. The molecule has 0 radical (unpaired) electrons. The van der Waals surface area contributed by atoms with Crippen molar-refractivity contribution in [2.24, 2.45) is 0 Å². The first kappa shape index (κ1) is 16.5. The summed E-state index contributed by atoms with van der Waals surface area (Å²) < 4.78 is 65.7. The Hall–Kier alpha value is -1.86. The lowest BCUT2D eigenvalue weighted by Crippen LogP contribution is -2.30. The quantitative estimate of drug-likeness (QED) is 0.861. The number of rotatable bonds is 4. The van der Waals surface area contributed by atoms with Crippen LogP contribution in [0.4, 0.5) is 13.2 Å². The Morgan fingerprint density at radius 2 is 1.59 bits per heavy atom. The van der Waals surface area contributed by atoms with Gasteiger partial charge in [-0.15, -0.1) is 0 Å². The molecule has 0 fully saturated rings. The second-order valence-corrected chi connectivity index (χ2v) is 6.77. The number of sulfonamides is 1. The standard InChI is InChI=1S/C15H14F3NO2S/c1-10(11-7-8-12(16)14(18)9-11)19(2)22(20,21)15-6-4-3-5-13(15)17/h3-10H,1-2H3. The normalized spacial score (nSPS) is 13.4. The van der Waals surface area contributed by atoms with E-state index in [0.29, 0.717) is 0 Å². The molecule has 0 amide bonds. The number of benzene rings is 2. The minimum absolute atomic E-state index is 0.265. The van der Waals surface area contributed by atoms with E-state index >= 15 is 0 Å². The van der Waals surface area contributed by atoms with Crippen molar-refractivity contribution >= 4 is 10.0 Å². The maximum absolute atomic E-state index is 13.7. The second-order valence-electron chi connectivity index (χ2n) is 4.80. The highest BCUT2D eigenvalue weighted by Gasteiger charge is 2.29. The van der Waals surface area contributed by atoms with Gasteiger partial charge in [-0.1, -0.05) is 18.2 Å². The van der Waals surface area contributed by atoms with E-state index in [2.05, 4.69) is 0 Å². The Balaban J connectivity index is 2.39. The molecule has 1 atom stereocenters. The first-order chi connectivity index (χ1) is 10.2. The lowest BCUT2D eigenvalue weighted by atomic mass is 10.1. The van der Waals surface area contributed by atoms with Crippen LogP contribution in [0.5, 0.6) is 0 Å². The topological polar surface area (TPSA) is 37.4 Å². The molecule has 0 spiro atoms. The molecule has 0 aliphatic carbocycles. The van der Waals surface area contributed by atoms with Gasteiger partial charge in [-0.2, -0.15) is 4.31 Å². The maximum Gasteiger partial charge on any atom is 0.246 e. The fourth-order valence-corrected chi connectivity index (χ4v) is 3.41. The predicted molar refractivity (Wildman–Crippen MR) is 76.1 cm³/mol. The molecule has 2 aromatic rings. The van der Waals surface area contributed by atoms with Crippen molar-refractivity contribution in [1.82, 2.24) is 4.31 Å². The van der Waals surface area contributed by atoms with E-state index in [0.717, 1.165) is 28.6 Å². The average Bonchev–Trinajstić information content (AvgIpc) is 2.48. The molecule has 2 aromatic carbocycles. The predicted octanol–water partition coefficient (Wildman–Crippen LogP) is 3.49.